The summed E-state index contributed by atoms with van der Waals surface area (Å²) in [6, 6.07) is 12.5. The molecule has 1 fully saturated rings. The lowest BCUT2D eigenvalue weighted by molar-refractivity contribution is -0.122. The van der Waals surface area contributed by atoms with Gasteiger partial charge in [-0.3, -0.25) is 14.9 Å². The van der Waals surface area contributed by atoms with Gasteiger partial charge in [-0.15, -0.1) is 0 Å². The molecule has 1 atom stereocenters. The summed E-state index contributed by atoms with van der Waals surface area (Å²) in [5, 5.41) is 2.30. The third-order valence-electron chi connectivity index (χ3n) is 6.67. The minimum absolute atomic E-state index is 0.0544. The number of rotatable bonds is 3. The molecule has 4 rings (SSSR count). The normalized spacial score (nSPS) is 21.6. The molecule has 166 valence electrons. The van der Waals surface area contributed by atoms with Crippen LogP contribution in [0.1, 0.15) is 56.7 Å². The van der Waals surface area contributed by atoms with Gasteiger partial charge in [0.1, 0.15) is 5.57 Å². The average Bonchev–Trinajstić information content (AvgIpc) is 2.75. The SMILES string of the molecule is CCc1ccc(N2C(=O)NC(=O)/C(=C/c3ccc4c(c3)C(C)CC(C)(C)N4C)C2=O)cc1. The molecule has 1 N–H and O–H groups in total. The Morgan fingerprint density at radius 2 is 1.78 bits per heavy atom. The van der Waals surface area contributed by atoms with Crippen molar-refractivity contribution in [3.63, 3.8) is 0 Å². The standard InChI is InChI=1S/C26H29N3O3/c1-6-17-7-10-19(11-8-17)29-24(31)21(23(30)27-25(29)32)14-18-9-12-22-20(13-18)16(2)15-26(3,4)28(22)5/h7-14,16H,6,15H2,1-5H3,(H,27,30,32)/b21-14-. The third-order valence-corrected chi connectivity index (χ3v) is 6.67. The lowest BCUT2D eigenvalue weighted by Gasteiger charge is -2.45. The molecule has 6 heteroatoms. The molecule has 0 radical (unpaired) electrons. The maximum absolute atomic E-state index is 13.2. The predicted molar refractivity (Wildman–Crippen MR) is 127 cm³/mol. The van der Waals surface area contributed by atoms with E-state index in [9.17, 15) is 14.4 Å². The van der Waals surface area contributed by atoms with Crippen molar-refractivity contribution in [2.24, 2.45) is 0 Å². The first-order valence-electron chi connectivity index (χ1n) is 11.0. The molecule has 4 amide bonds. The molecule has 1 unspecified atom stereocenters. The predicted octanol–water partition coefficient (Wildman–Crippen LogP) is 4.64. The van der Waals surface area contributed by atoms with Crippen LogP contribution in [-0.2, 0) is 16.0 Å². The van der Waals surface area contributed by atoms with Crippen molar-refractivity contribution in [2.45, 2.75) is 52.0 Å². The van der Waals surface area contributed by atoms with Crippen LogP contribution in [0, 0.1) is 0 Å². The van der Waals surface area contributed by atoms with Gasteiger partial charge in [0.25, 0.3) is 11.8 Å². The fourth-order valence-corrected chi connectivity index (χ4v) is 4.62. The largest absolute Gasteiger partial charge is 0.369 e. The molecule has 2 heterocycles. The fraction of sp³-hybridized carbons (Fsp3) is 0.346. The number of anilines is 2. The smallest absolute Gasteiger partial charge is 0.335 e. The van der Waals surface area contributed by atoms with Crippen molar-refractivity contribution in [3.05, 3.63) is 64.7 Å². The summed E-state index contributed by atoms with van der Waals surface area (Å²) in [4.78, 5) is 41.4. The van der Waals surface area contributed by atoms with Crippen LogP contribution in [-0.4, -0.2) is 30.4 Å². The molecule has 0 spiro atoms. The zero-order valence-corrected chi connectivity index (χ0v) is 19.2. The Kier molecular flexibility index (Phi) is 5.41. The molecule has 2 aromatic rings. The fourth-order valence-electron chi connectivity index (χ4n) is 4.62. The van der Waals surface area contributed by atoms with Gasteiger partial charge >= 0.3 is 6.03 Å². The van der Waals surface area contributed by atoms with Crippen molar-refractivity contribution in [3.8, 4) is 0 Å². The number of imide groups is 2. The van der Waals surface area contributed by atoms with Gasteiger partial charge in [0, 0.05) is 18.3 Å². The number of nitrogens with one attached hydrogen (secondary N) is 1. The number of benzene rings is 2. The van der Waals surface area contributed by atoms with Crippen LogP contribution in [0.2, 0.25) is 0 Å². The van der Waals surface area contributed by atoms with Gasteiger partial charge < -0.3 is 4.90 Å². The number of barbiturate groups is 1. The highest BCUT2D eigenvalue weighted by Gasteiger charge is 2.37. The van der Waals surface area contributed by atoms with E-state index < -0.39 is 17.8 Å². The third kappa shape index (κ3) is 3.70. The van der Waals surface area contributed by atoms with Crippen LogP contribution in [0.15, 0.2) is 48.0 Å². The molecular formula is C26H29N3O3. The van der Waals surface area contributed by atoms with Gasteiger partial charge in [0.2, 0.25) is 0 Å². The van der Waals surface area contributed by atoms with E-state index >= 15 is 0 Å². The lowest BCUT2D eigenvalue weighted by atomic mass is 9.80. The van der Waals surface area contributed by atoms with E-state index in [2.05, 4.69) is 38.0 Å². The van der Waals surface area contributed by atoms with Gasteiger partial charge in [0.05, 0.1) is 5.69 Å². The second-order valence-electron chi connectivity index (χ2n) is 9.27. The number of hydrogen-bond donors (Lipinski definition) is 1. The summed E-state index contributed by atoms with van der Waals surface area (Å²) in [6.07, 6.45) is 3.43. The summed E-state index contributed by atoms with van der Waals surface area (Å²) in [6.45, 7) is 8.69. The molecule has 0 aliphatic carbocycles. The van der Waals surface area contributed by atoms with Gasteiger partial charge in [-0.25, -0.2) is 9.69 Å². The second kappa shape index (κ2) is 7.93. The Morgan fingerprint density at radius 3 is 2.44 bits per heavy atom. The Hall–Kier alpha value is -3.41. The molecule has 32 heavy (non-hydrogen) atoms. The maximum atomic E-state index is 13.2. The summed E-state index contributed by atoms with van der Waals surface area (Å²) in [5.74, 6) is -0.946. The minimum Gasteiger partial charge on any atom is -0.369 e. The summed E-state index contributed by atoms with van der Waals surface area (Å²) < 4.78 is 0. The lowest BCUT2D eigenvalue weighted by Crippen LogP contribution is -2.54. The van der Waals surface area contributed by atoms with Gasteiger partial charge in [-0.05, 0) is 79.6 Å². The van der Waals surface area contributed by atoms with E-state index in [4.69, 9.17) is 0 Å². The molecule has 1 saturated heterocycles. The van der Waals surface area contributed by atoms with E-state index in [1.54, 1.807) is 18.2 Å². The number of hydrogen-bond acceptors (Lipinski definition) is 4. The summed E-state index contributed by atoms with van der Waals surface area (Å²) >= 11 is 0. The summed E-state index contributed by atoms with van der Waals surface area (Å²) in [7, 11) is 2.09. The number of carbonyl (C=O) groups excluding carboxylic acids is 3. The van der Waals surface area contributed by atoms with Crippen LogP contribution in [0.25, 0.3) is 6.08 Å². The van der Waals surface area contributed by atoms with Crippen molar-refractivity contribution in [1.82, 2.24) is 5.32 Å². The number of urea groups is 1. The van der Waals surface area contributed by atoms with Crippen molar-refractivity contribution in [1.29, 1.82) is 0 Å². The Balaban J connectivity index is 1.70. The molecule has 0 bridgehead atoms. The highest BCUT2D eigenvalue weighted by atomic mass is 16.2. The van der Waals surface area contributed by atoms with Gasteiger partial charge in [-0.1, -0.05) is 32.0 Å². The first-order valence-corrected chi connectivity index (χ1v) is 11.0. The Labute approximate surface area is 188 Å². The minimum atomic E-state index is -0.732. The van der Waals surface area contributed by atoms with Crippen molar-refractivity contribution < 1.29 is 14.4 Å². The monoisotopic (exact) mass is 431 g/mol. The van der Waals surface area contributed by atoms with Crippen molar-refractivity contribution in [2.75, 3.05) is 16.8 Å². The Bertz CT molecular complexity index is 1130. The van der Waals surface area contributed by atoms with E-state index in [0.717, 1.165) is 34.6 Å². The number of nitrogens with zero attached hydrogens (tertiary/aromatic N) is 2. The number of aryl methyl sites for hydroxylation is 1. The number of carbonyl (C=O) groups is 3. The molecule has 0 aromatic heterocycles. The molecule has 0 saturated carbocycles. The molecule has 6 nitrogen and oxygen atoms in total. The zero-order valence-electron chi connectivity index (χ0n) is 19.2. The second-order valence-corrected chi connectivity index (χ2v) is 9.27. The quantitative estimate of drug-likeness (QED) is 0.568. The van der Waals surface area contributed by atoms with E-state index in [1.165, 1.54) is 5.56 Å². The first kappa shape index (κ1) is 21.8. The maximum Gasteiger partial charge on any atom is 0.335 e. The van der Waals surface area contributed by atoms with Gasteiger partial charge in [0.15, 0.2) is 0 Å². The van der Waals surface area contributed by atoms with Crippen LogP contribution >= 0.6 is 0 Å². The highest BCUT2D eigenvalue weighted by Crippen LogP contribution is 2.42. The molecular weight excluding hydrogens is 402 g/mol. The summed E-state index contributed by atoms with van der Waals surface area (Å²) in [5.41, 5.74) is 4.64. The topological polar surface area (TPSA) is 69.7 Å². The van der Waals surface area contributed by atoms with E-state index in [1.807, 2.05) is 37.3 Å². The number of amides is 4. The van der Waals surface area contributed by atoms with Crippen LogP contribution in [0.3, 0.4) is 0 Å². The van der Waals surface area contributed by atoms with Crippen LogP contribution < -0.4 is 15.1 Å². The zero-order chi connectivity index (χ0) is 23.2. The highest BCUT2D eigenvalue weighted by molar-refractivity contribution is 6.39. The van der Waals surface area contributed by atoms with E-state index in [-0.39, 0.29) is 11.1 Å². The number of fused-ring (bicyclic) bond motifs is 1. The van der Waals surface area contributed by atoms with Crippen LogP contribution in [0.4, 0.5) is 16.2 Å². The average molecular weight is 432 g/mol. The molecule has 2 aliphatic rings. The Morgan fingerprint density at radius 1 is 1.09 bits per heavy atom. The first-order chi connectivity index (χ1) is 15.1. The molecule has 2 aliphatic heterocycles. The van der Waals surface area contributed by atoms with E-state index in [0.29, 0.717) is 11.6 Å². The van der Waals surface area contributed by atoms with Crippen molar-refractivity contribution >= 4 is 35.3 Å². The molecule has 2 aromatic carbocycles. The van der Waals surface area contributed by atoms with Crippen LogP contribution in [0.5, 0.6) is 0 Å². The van der Waals surface area contributed by atoms with Gasteiger partial charge in [-0.2, -0.15) is 0 Å².